The van der Waals surface area contributed by atoms with E-state index in [-0.39, 0.29) is 6.61 Å². The summed E-state index contributed by atoms with van der Waals surface area (Å²) in [7, 11) is 0. The number of oxazole rings is 1. The summed E-state index contributed by atoms with van der Waals surface area (Å²) in [6.07, 6.45) is 2.80. The van der Waals surface area contributed by atoms with E-state index in [0.29, 0.717) is 11.5 Å². The minimum absolute atomic E-state index is 0.149. The topological polar surface area (TPSA) is 65.2 Å². The van der Waals surface area contributed by atoms with Crippen LogP contribution in [0.1, 0.15) is 10.9 Å². The molecule has 24 heavy (non-hydrogen) atoms. The zero-order chi connectivity index (χ0) is 16.4. The van der Waals surface area contributed by atoms with Crippen molar-refractivity contribution in [2.24, 2.45) is 0 Å². The van der Waals surface area contributed by atoms with E-state index in [0.717, 1.165) is 20.7 Å². The number of ether oxygens (including phenoxy) is 1. The lowest BCUT2D eigenvalue weighted by atomic mass is 10.3. The van der Waals surface area contributed by atoms with E-state index in [1.165, 1.54) is 23.5 Å². The minimum atomic E-state index is -0.462. The second kappa shape index (κ2) is 6.25. The van der Waals surface area contributed by atoms with Gasteiger partial charge in [-0.15, -0.1) is 11.3 Å². The zero-order valence-corrected chi connectivity index (χ0v) is 13.3. The Kier molecular flexibility index (Phi) is 3.80. The van der Waals surface area contributed by atoms with E-state index in [2.05, 4.69) is 9.97 Å². The predicted molar refractivity (Wildman–Crippen MR) is 92.5 cm³/mol. The predicted octanol–water partition coefficient (Wildman–Crippen LogP) is 4.19. The molecule has 4 rings (SSSR count). The molecule has 6 heteroatoms. The minimum Gasteiger partial charge on any atom is -0.455 e. The maximum atomic E-state index is 11.8. The number of aromatic nitrogens is 2. The first-order chi connectivity index (χ1) is 11.8. The fraction of sp³-hybridized carbons (Fsp3) is 0.0556. The molecule has 2 aromatic carbocycles. The summed E-state index contributed by atoms with van der Waals surface area (Å²) < 4.78 is 11.8. The van der Waals surface area contributed by atoms with E-state index in [1.54, 1.807) is 0 Å². The van der Waals surface area contributed by atoms with Crippen LogP contribution >= 0.6 is 11.3 Å². The van der Waals surface area contributed by atoms with Crippen molar-refractivity contribution in [1.82, 2.24) is 9.97 Å². The number of para-hydroxylation sites is 3. The Morgan fingerprint density at radius 1 is 1.08 bits per heavy atom. The highest BCUT2D eigenvalue weighted by Gasteiger charge is 2.06. The number of nitrogens with zero attached hydrogens (tertiary/aromatic N) is 2. The highest BCUT2D eigenvalue weighted by atomic mass is 32.1. The number of rotatable bonds is 4. The van der Waals surface area contributed by atoms with Gasteiger partial charge in [0.05, 0.1) is 10.2 Å². The number of hydrogen-bond acceptors (Lipinski definition) is 6. The van der Waals surface area contributed by atoms with Crippen molar-refractivity contribution in [2.75, 3.05) is 0 Å². The Morgan fingerprint density at radius 2 is 1.88 bits per heavy atom. The first kappa shape index (κ1) is 14.6. The molecule has 0 unspecified atom stereocenters. The molecule has 0 aliphatic heterocycles. The molecular weight excluding hydrogens is 324 g/mol. The van der Waals surface area contributed by atoms with E-state index in [4.69, 9.17) is 9.15 Å². The monoisotopic (exact) mass is 336 g/mol. The van der Waals surface area contributed by atoms with Crippen molar-refractivity contribution in [3.8, 4) is 0 Å². The Bertz CT molecular complexity index is 982. The Hall–Kier alpha value is -2.99. The summed E-state index contributed by atoms with van der Waals surface area (Å²) in [5.41, 5.74) is 2.34. The Morgan fingerprint density at radius 3 is 2.71 bits per heavy atom. The lowest BCUT2D eigenvalue weighted by Gasteiger charge is -1.96. The summed E-state index contributed by atoms with van der Waals surface area (Å²) in [6, 6.07) is 15.2. The van der Waals surface area contributed by atoms with Crippen LogP contribution in [-0.4, -0.2) is 15.9 Å². The van der Waals surface area contributed by atoms with Crippen LogP contribution in [0, 0.1) is 0 Å². The molecule has 2 heterocycles. The van der Waals surface area contributed by atoms with E-state index >= 15 is 0 Å². The molecule has 0 saturated heterocycles. The molecular formula is C18H12N2O3S. The van der Waals surface area contributed by atoms with Gasteiger partial charge in [-0.2, -0.15) is 0 Å². The maximum Gasteiger partial charge on any atom is 0.331 e. The largest absolute Gasteiger partial charge is 0.455 e. The zero-order valence-electron chi connectivity index (χ0n) is 12.5. The third-order valence-corrected chi connectivity index (χ3v) is 4.36. The normalized spacial score (nSPS) is 11.5. The molecule has 0 fully saturated rings. The smallest absolute Gasteiger partial charge is 0.331 e. The number of benzene rings is 2. The Labute approximate surface area is 141 Å². The quantitative estimate of drug-likeness (QED) is 0.413. The van der Waals surface area contributed by atoms with Gasteiger partial charge in [0, 0.05) is 12.2 Å². The average molecular weight is 336 g/mol. The fourth-order valence-electron chi connectivity index (χ4n) is 2.26. The third kappa shape index (κ3) is 3.04. The molecule has 0 aliphatic rings. The fourth-order valence-corrected chi connectivity index (χ4v) is 3.14. The van der Waals surface area contributed by atoms with Gasteiger partial charge in [-0.25, -0.2) is 14.8 Å². The molecule has 5 nitrogen and oxygen atoms in total. The van der Waals surface area contributed by atoms with Gasteiger partial charge in [0.2, 0.25) is 5.89 Å². The van der Waals surface area contributed by atoms with Crippen molar-refractivity contribution < 1.29 is 13.9 Å². The van der Waals surface area contributed by atoms with Crippen molar-refractivity contribution in [3.05, 3.63) is 65.5 Å². The lowest BCUT2D eigenvalue weighted by Crippen LogP contribution is -2.00. The van der Waals surface area contributed by atoms with E-state index in [9.17, 15) is 4.79 Å². The molecule has 0 spiro atoms. The molecule has 0 aliphatic carbocycles. The van der Waals surface area contributed by atoms with Gasteiger partial charge in [0.15, 0.2) is 5.58 Å². The first-order valence-electron chi connectivity index (χ1n) is 7.33. The van der Waals surface area contributed by atoms with Crippen LogP contribution in [-0.2, 0) is 16.1 Å². The molecule has 0 saturated carbocycles. The first-order valence-corrected chi connectivity index (χ1v) is 8.14. The van der Waals surface area contributed by atoms with Crippen LogP contribution in [0.5, 0.6) is 0 Å². The third-order valence-electron chi connectivity index (χ3n) is 3.35. The number of fused-ring (bicyclic) bond motifs is 2. The summed E-state index contributed by atoms with van der Waals surface area (Å²) in [5.74, 6) is -0.0929. The van der Waals surface area contributed by atoms with E-state index in [1.807, 2.05) is 48.5 Å². The van der Waals surface area contributed by atoms with Gasteiger partial charge in [0.1, 0.15) is 17.1 Å². The van der Waals surface area contributed by atoms with Gasteiger partial charge < -0.3 is 9.15 Å². The van der Waals surface area contributed by atoms with E-state index < -0.39 is 5.97 Å². The number of carbonyl (C=O) groups excluding carboxylic acids is 1. The SMILES string of the molecule is O=C(/C=C/c1nc2ccccc2o1)OCc1nc2ccccc2s1. The van der Waals surface area contributed by atoms with Crippen molar-refractivity contribution >= 4 is 44.7 Å². The van der Waals surface area contributed by atoms with Crippen molar-refractivity contribution in [2.45, 2.75) is 6.61 Å². The van der Waals surface area contributed by atoms with Crippen LogP contribution in [0.2, 0.25) is 0 Å². The molecule has 2 aromatic heterocycles. The highest BCUT2D eigenvalue weighted by Crippen LogP contribution is 2.22. The second-order valence-corrected chi connectivity index (χ2v) is 6.15. The van der Waals surface area contributed by atoms with Gasteiger partial charge in [-0.1, -0.05) is 24.3 Å². The number of hydrogen-bond donors (Lipinski definition) is 0. The standard InChI is InChI=1S/C18H12N2O3S/c21-18(10-9-16-19-12-5-1-3-7-14(12)23-16)22-11-17-20-13-6-2-4-8-15(13)24-17/h1-10H,11H2/b10-9+. The molecule has 4 aromatic rings. The summed E-state index contributed by atoms with van der Waals surface area (Å²) in [6.45, 7) is 0.149. The van der Waals surface area contributed by atoms with Crippen molar-refractivity contribution in [3.63, 3.8) is 0 Å². The van der Waals surface area contributed by atoms with Crippen LogP contribution in [0.25, 0.3) is 27.4 Å². The molecule has 118 valence electrons. The molecule has 0 N–H and O–H groups in total. The number of carbonyl (C=O) groups is 1. The van der Waals surface area contributed by atoms with Gasteiger partial charge >= 0.3 is 5.97 Å². The van der Waals surface area contributed by atoms with Crippen LogP contribution in [0.4, 0.5) is 0 Å². The Balaban J connectivity index is 1.40. The highest BCUT2D eigenvalue weighted by molar-refractivity contribution is 7.18. The van der Waals surface area contributed by atoms with Gasteiger partial charge in [-0.05, 0) is 24.3 Å². The molecule has 0 bridgehead atoms. The van der Waals surface area contributed by atoms with Crippen LogP contribution in [0.15, 0.2) is 59.0 Å². The summed E-state index contributed by atoms with van der Waals surface area (Å²) in [4.78, 5) is 20.5. The number of esters is 1. The summed E-state index contributed by atoms with van der Waals surface area (Å²) in [5, 5.41) is 0.764. The van der Waals surface area contributed by atoms with Crippen LogP contribution in [0.3, 0.4) is 0 Å². The molecule has 0 atom stereocenters. The van der Waals surface area contributed by atoms with Crippen molar-refractivity contribution in [1.29, 1.82) is 0 Å². The number of thiazole rings is 1. The lowest BCUT2D eigenvalue weighted by molar-refractivity contribution is -0.138. The average Bonchev–Trinajstić information content (AvgIpc) is 3.21. The molecule has 0 amide bonds. The van der Waals surface area contributed by atoms with Crippen LogP contribution < -0.4 is 0 Å². The maximum absolute atomic E-state index is 11.8. The van der Waals surface area contributed by atoms with Gasteiger partial charge in [0.25, 0.3) is 0 Å². The van der Waals surface area contributed by atoms with Gasteiger partial charge in [-0.3, -0.25) is 0 Å². The summed E-state index contributed by atoms with van der Waals surface area (Å²) >= 11 is 1.51. The second-order valence-electron chi connectivity index (χ2n) is 5.04. The molecule has 0 radical (unpaired) electrons.